The van der Waals surface area contributed by atoms with E-state index in [2.05, 4.69) is 41.5 Å². The number of hydrogen-bond acceptors (Lipinski definition) is 15. The second-order valence-corrected chi connectivity index (χ2v) is 32.0. The maximum atomic E-state index is 13.1. The van der Waals surface area contributed by atoms with Gasteiger partial charge in [0.15, 0.2) is 12.2 Å². The molecule has 0 amide bonds. The topological polar surface area (TPSA) is 237 Å². The van der Waals surface area contributed by atoms with Crippen molar-refractivity contribution in [1.29, 1.82) is 0 Å². The van der Waals surface area contributed by atoms with Crippen LogP contribution in [0.3, 0.4) is 0 Å². The largest absolute Gasteiger partial charge is 0.472 e. The predicted molar refractivity (Wildman–Crippen MR) is 395 cm³/mol. The van der Waals surface area contributed by atoms with E-state index in [1.54, 1.807) is 0 Å². The maximum Gasteiger partial charge on any atom is 0.472 e. The normalized spacial score (nSPS) is 14.0. The van der Waals surface area contributed by atoms with Gasteiger partial charge in [0.1, 0.15) is 19.3 Å². The van der Waals surface area contributed by atoms with Crippen molar-refractivity contribution in [3.63, 3.8) is 0 Å². The molecule has 19 heteroatoms. The molecule has 17 nitrogen and oxygen atoms in total. The highest BCUT2D eigenvalue weighted by molar-refractivity contribution is 7.47. The van der Waals surface area contributed by atoms with E-state index in [1.807, 2.05) is 0 Å². The third-order valence-electron chi connectivity index (χ3n) is 18.2. The first-order valence-electron chi connectivity index (χ1n) is 40.5. The van der Waals surface area contributed by atoms with Crippen LogP contribution in [0.25, 0.3) is 0 Å². The van der Waals surface area contributed by atoms with Crippen LogP contribution in [0.4, 0.5) is 0 Å². The molecule has 5 atom stereocenters. The summed E-state index contributed by atoms with van der Waals surface area (Å²) >= 11 is 0. The Morgan fingerprint density at radius 1 is 0.278 bits per heavy atom. The van der Waals surface area contributed by atoms with Gasteiger partial charge in [-0.3, -0.25) is 37.3 Å². The Balaban J connectivity index is 5.22. The fourth-order valence-electron chi connectivity index (χ4n) is 12.0. The second kappa shape index (κ2) is 69.8. The SMILES string of the molecule is CCCCCCCCCCCCCCCCCCCCCC(=O)O[C@H](COC(=O)CCCCCCCCCCCCCCCCCCC)COP(=O)(O)OC[C@@H](O)COP(=O)(O)OC[C@@H](COC(=O)CCCCCCCCCC(C)C)OC(=O)CCCCCCCCCCC(C)C. The first-order valence-corrected chi connectivity index (χ1v) is 43.5. The third-order valence-corrected chi connectivity index (χ3v) is 20.1. The zero-order valence-electron chi connectivity index (χ0n) is 63.4. The van der Waals surface area contributed by atoms with Gasteiger partial charge in [-0.1, -0.05) is 356 Å². The molecule has 0 bridgehead atoms. The zero-order chi connectivity index (χ0) is 71.4. The molecule has 0 aromatic heterocycles. The molecular formula is C78H152O17P2. The maximum absolute atomic E-state index is 13.1. The van der Waals surface area contributed by atoms with Crippen molar-refractivity contribution in [2.45, 2.75) is 426 Å². The van der Waals surface area contributed by atoms with Crippen LogP contribution in [0.1, 0.15) is 408 Å². The van der Waals surface area contributed by atoms with Gasteiger partial charge in [-0.2, -0.15) is 0 Å². The molecule has 0 aromatic carbocycles. The summed E-state index contributed by atoms with van der Waals surface area (Å²) in [4.78, 5) is 72.8. The lowest BCUT2D eigenvalue weighted by Gasteiger charge is -2.21. The highest BCUT2D eigenvalue weighted by Crippen LogP contribution is 2.45. The van der Waals surface area contributed by atoms with Crippen molar-refractivity contribution in [3.05, 3.63) is 0 Å². The molecule has 0 rings (SSSR count). The van der Waals surface area contributed by atoms with Gasteiger partial charge in [-0.15, -0.1) is 0 Å². The van der Waals surface area contributed by atoms with Gasteiger partial charge in [0.05, 0.1) is 26.4 Å². The number of aliphatic hydroxyl groups excluding tert-OH is 1. The van der Waals surface area contributed by atoms with Crippen molar-refractivity contribution < 1.29 is 80.2 Å². The van der Waals surface area contributed by atoms with E-state index in [1.165, 1.54) is 218 Å². The number of rotatable bonds is 77. The smallest absolute Gasteiger partial charge is 0.462 e. The molecule has 0 aliphatic carbocycles. The molecule has 0 saturated carbocycles. The van der Waals surface area contributed by atoms with Crippen LogP contribution in [0.5, 0.6) is 0 Å². The molecule has 0 heterocycles. The standard InChI is InChI=1S/C78H152O17P2/c1-7-9-11-13-15-17-19-21-23-25-26-28-30-32-34-36-43-50-56-62-77(82)94-73(66-88-75(80)60-54-48-42-35-33-31-29-27-24-22-20-18-16-14-12-10-8-2)68-92-96(84,85)90-64-72(79)65-91-97(86,87)93-69-74(67-89-76(81)61-55-49-45-39-41-47-53-59-71(5)6)95-78(83)63-57-51-44-38-37-40-46-52-58-70(3)4/h70-74,79H,7-69H2,1-6H3,(H,84,85)(H,86,87)/t72-,73-,74-/m1/s1. The van der Waals surface area contributed by atoms with Gasteiger partial charge in [0.2, 0.25) is 0 Å². The van der Waals surface area contributed by atoms with Crippen LogP contribution in [0.15, 0.2) is 0 Å². The Morgan fingerprint density at radius 3 is 0.701 bits per heavy atom. The average molecular weight is 1420 g/mol. The van der Waals surface area contributed by atoms with Crippen LogP contribution in [0, 0.1) is 11.8 Å². The number of carbonyl (C=O) groups is 4. The molecule has 2 unspecified atom stereocenters. The van der Waals surface area contributed by atoms with Crippen molar-refractivity contribution in [3.8, 4) is 0 Å². The number of ether oxygens (including phenoxy) is 4. The van der Waals surface area contributed by atoms with Gasteiger partial charge in [-0.05, 0) is 37.5 Å². The molecule has 576 valence electrons. The van der Waals surface area contributed by atoms with E-state index < -0.39 is 97.5 Å². The van der Waals surface area contributed by atoms with Crippen LogP contribution in [-0.2, 0) is 65.4 Å². The Labute approximate surface area is 594 Å². The van der Waals surface area contributed by atoms with E-state index in [-0.39, 0.29) is 25.7 Å². The minimum Gasteiger partial charge on any atom is -0.462 e. The highest BCUT2D eigenvalue weighted by atomic mass is 31.2. The second-order valence-electron chi connectivity index (χ2n) is 29.1. The molecule has 97 heavy (non-hydrogen) atoms. The Bertz CT molecular complexity index is 1870. The molecule has 0 aliphatic rings. The molecule has 0 aromatic rings. The number of carbonyl (C=O) groups excluding carboxylic acids is 4. The van der Waals surface area contributed by atoms with Crippen LogP contribution < -0.4 is 0 Å². The third kappa shape index (κ3) is 72.2. The van der Waals surface area contributed by atoms with Crippen molar-refractivity contribution >= 4 is 39.5 Å². The van der Waals surface area contributed by atoms with Crippen molar-refractivity contribution in [2.24, 2.45) is 11.8 Å². The number of esters is 4. The lowest BCUT2D eigenvalue weighted by atomic mass is 10.0. The van der Waals surface area contributed by atoms with E-state index >= 15 is 0 Å². The first kappa shape index (κ1) is 95.1. The Morgan fingerprint density at radius 2 is 0.474 bits per heavy atom. The fourth-order valence-corrected chi connectivity index (χ4v) is 13.6. The summed E-state index contributed by atoms with van der Waals surface area (Å²) in [6.07, 6.45) is 58.5. The minimum absolute atomic E-state index is 0.104. The predicted octanol–water partition coefficient (Wildman–Crippen LogP) is 23.1. The van der Waals surface area contributed by atoms with E-state index in [0.29, 0.717) is 31.6 Å². The molecule has 0 saturated heterocycles. The van der Waals surface area contributed by atoms with Gasteiger partial charge in [-0.25, -0.2) is 9.13 Å². The van der Waals surface area contributed by atoms with Crippen LogP contribution in [0.2, 0.25) is 0 Å². The van der Waals surface area contributed by atoms with Gasteiger partial charge in [0, 0.05) is 25.7 Å². The van der Waals surface area contributed by atoms with Crippen molar-refractivity contribution in [2.75, 3.05) is 39.6 Å². The van der Waals surface area contributed by atoms with Crippen LogP contribution >= 0.6 is 15.6 Å². The molecule has 0 aliphatic heterocycles. The lowest BCUT2D eigenvalue weighted by Crippen LogP contribution is -2.30. The highest BCUT2D eigenvalue weighted by Gasteiger charge is 2.30. The van der Waals surface area contributed by atoms with Crippen molar-refractivity contribution in [1.82, 2.24) is 0 Å². The summed E-state index contributed by atoms with van der Waals surface area (Å²) in [6, 6.07) is 0. The Kier molecular flexibility index (Phi) is 68.4. The fraction of sp³-hybridized carbons (Fsp3) is 0.949. The van der Waals surface area contributed by atoms with Gasteiger partial charge >= 0.3 is 39.5 Å². The molecular weight excluding hydrogens is 1270 g/mol. The number of hydrogen-bond donors (Lipinski definition) is 3. The van der Waals surface area contributed by atoms with Gasteiger partial charge in [0.25, 0.3) is 0 Å². The quantitative estimate of drug-likeness (QED) is 0.0222. The summed E-state index contributed by atoms with van der Waals surface area (Å²) in [5.74, 6) is -0.693. The van der Waals surface area contributed by atoms with E-state index in [9.17, 15) is 43.2 Å². The first-order chi connectivity index (χ1) is 46.9. The molecule has 0 fully saturated rings. The Hall–Kier alpha value is -1.94. The monoisotopic (exact) mass is 1420 g/mol. The van der Waals surface area contributed by atoms with Gasteiger partial charge < -0.3 is 33.8 Å². The van der Waals surface area contributed by atoms with E-state index in [0.717, 1.165) is 102 Å². The molecule has 0 radical (unpaired) electrons. The summed E-state index contributed by atoms with van der Waals surface area (Å²) < 4.78 is 68.6. The summed E-state index contributed by atoms with van der Waals surface area (Å²) in [5.41, 5.74) is 0. The van der Waals surface area contributed by atoms with E-state index in [4.69, 9.17) is 37.0 Å². The zero-order valence-corrected chi connectivity index (χ0v) is 65.2. The van der Waals surface area contributed by atoms with Crippen LogP contribution in [-0.4, -0.2) is 96.7 Å². The summed E-state index contributed by atoms with van der Waals surface area (Å²) in [6.45, 7) is 9.51. The summed E-state index contributed by atoms with van der Waals surface area (Å²) in [5, 5.41) is 10.6. The number of aliphatic hydroxyl groups is 1. The number of phosphoric acid groups is 2. The molecule has 0 spiro atoms. The number of phosphoric ester groups is 2. The molecule has 3 N–H and O–H groups in total. The summed E-state index contributed by atoms with van der Waals surface area (Å²) in [7, 11) is -9.91. The number of unbranched alkanes of at least 4 members (excludes halogenated alkanes) is 47. The average Bonchev–Trinajstić information content (AvgIpc) is 1.06. The lowest BCUT2D eigenvalue weighted by molar-refractivity contribution is -0.161. The minimum atomic E-state index is -4.96.